The Morgan fingerprint density at radius 2 is 2.31 bits per heavy atom. The first-order chi connectivity index (χ1) is 6.15. The van der Waals surface area contributed by atoms with Crippen LogP contribution >= 0.6 is 0 Å². The standard InChI is InChI=1S/C9H18N2O2/c1-10(2)9(13)6-11-5-3-4-8(11)7-12/h8,12H,3-7H2,1-2H3/t8-/m1/s1. The average Bonchev–Trinajstić information content (AvgIpc) is 2.51. The van der Waals surface area contributed by atoms with Gasteiger partial charge in [-0.25, -0.2) is 0 Å². The van der Waals surface area contributed by atoms with Crippen LogP contribution in [0.15, 0.2) is 0 Å². The number of likely N-dealkylation sites (tertiary alicyclic amines) is 1. The topological polar surface area (TPSA) is 43.8 Å². The van der Waals surface area contributed by atoms with E-state index < -0.39 is 0 Å². The molecule has 0 aromatic rings. The van der Waals surface area contributed by atoms with Crippen LogP contribution in [0.25, 0.3) is 0 Å². The highest BCUT2D eigenvalue weighted by Crippen LogP contribution is 2.15. The lowest BCUT2D eigenvalue weighted by Crippen LogP contribution is -2.40. The molecule has 4 heteroatoms. The van der Waals surface area contributed by atoms with Crippen LogP contribution in [0.5, 0.6) is 0 Å². The maximum atomic E-state index is 11.4. The first kappa shape index (κ1) is 10.5. The minimum Gasteiger partial charge on any atom is -0.395 e. The van der Waals surface area contributed by atoms with Crippen LogP contribution in [0.4, 0.5) is 0 Å². The summed E-state index contributed by atoms with van der Waals surface area (Å²) in [7, 11) is 3.51. The van der Waals surface area contributed by atoms with E-state index in [-0.39, 0.29) is 18.6 Å². The van der Waals surface area contributed by atoms with E-state index in [4.69, 9.17) is 5.11 Å². The van der Waals surface area contributed by atoms with Crippen molar-refractivity contribution in [1.29, 1.82) is 0 Å². The normalized spacial score (nSPS) is 23.5. The molecule has 0 spiro atoms. The molecule has 1 saturated heterocycles. The van der Waals surface area contributed by atoms with Gasteiger partial charge in [-0.1, -0.05) is 0 Å². The number of nitrogens with zero attached hydrogens (tertiary/aromatic N) is 2. The molecule has 0 aromatic heterocycles. The molecule has 0 aliphatic carbocycles. The molecule has 0 unspecified atom stereocenters. The van der Waals surface area contributed by atoms with Gasteiger partial charge in [0.15, 0.2) is 0 Å². The van der Waals surface area contributed by atoms with Gasteiger partial charge >= 0.3 is 0 Å². The number of rotatable bonds is 3. The van der Waals surface area contributed by atoms with Gasteiger partial charge in [0, 0.05) is 20.1 Å². The van der Waals surface area contributed by atoms with Gasteiger partial charge in [-0.3, -0.25) is 9.69 Å². The zero-order chi connectivity index (χ0) is 9.84. The fourth-order valence-corrected chi connectivity index (χ4v) is 1.63. The number of hydrogen-bond acceptors (Lipinski definition) is 3. The van der Waals surface area contributed by atoms with Gasteiger partial charge in [-0.05, 0) is 19.4 Å². The van der Waals surface area contributed by atoms with Crippen molar-refractivity contribution in [3.63, 3.8) is 0 Å². The Balaban J connectivity index is 2.39. The molecule has 76 valence electrons. The molecule has 1 atom stereocenters. The highest BCUT2D eigenvalue weighted by atomic mass is 16.3. The first-order valence-corrected chi connectivity index (χ1v) is 4.70. The summed E-state index contributed by atoms with van der Waals surface area (Å²) in [5.41, 5.74) is 0. The van der Waals surface area contributed by atoms with Crippen molar-refractivity contribution in [1.82, 2.24) is 9.80 Å². The van der Waals surface area contributed by atoms with E-state index in [1.54, 1.807) is 19.0 Å². The largest absolute Gasteiger partial charge is 0.395 e. The second-order valence-electron chi connectivity index (χ2n) is 3.74. The molecule has 1 aliphatic heterocycles. The van der Waals surface area contributed by atoms with Gasteiger partial charge in [0.2, 0.25) is 5.91 Å². The van der Waals surface area contributed by atoms with Crippen LogP contribution in [-0.2, 0) is 4.79 Å². The van der Waals surface area contributed by atoms with E-state index in [2.05, 4.69) is 4.90 Å². The molecule has 13 heavy (non-hydrogen) atoms. The molecule has 1 fully saturated rings. The molecular formula is C9H18N2O2. The Morgan fingerprint density at radius 1 is 1.62 bits per heavy atom. The van der Waals surface area contributed by atoms with Gasteiger partial charge in [0.05, 0.1) is 13.2 Å². The number of carbonyl (C=O) groups is 1. The molecule has 1 amide bonds. The molecule has 1 rings (SSSR count). The summed E-state index contributed by atoms with van der Waals surface area (Å²) in [4.78, 5) is 15.0. The molecule has 4 nitrogen and oxygen atoms in total. The van der Waals surface area contributed by atoms with Crippen molar-refractivity contribution >= 4 is 5.91 Å². The van der Waals surface area contributed by atoms with Crippen LogP contribution in [0, 0.1) is 0 Å². The van der Waals surface area contributed by atoms with Crippen molar-refractivity contribution < 1.29 is 9.90 Å². The number of amides is 1. The van der Waals surface area contributed by atoms with Crippen molar-refractivity contribution in [2.24, 2.45) is 0 Å². The molecule has 0 radical (unpaired) electrons. The monoisotopic (exact) mass is 186 g/mol. The van der Waals surface area contributed by atoms with E-state index in [9.17, 15) is 4.79 Å². The van der Waals surface area contributed by atoms with E-state index in [0.717, 1.165) is 19.4 Å². The quantitative estimate of drug-likeness (QED) is 0.648. The van der Waals surface area contributed by atoms with E-state index in [1.165, 1.54) is 0 Å². The van der Waals surface area contributed by atoms with E-state index >= 15 is 0 Å². The third-order valence-electron chi connectivity index (χ3n) is 2.55. The molecule has 1 aliphatic rings. The maximum Gasteiger partial charge on any atom is 0.236 e. The number of hydrogen-bond donors (Lipinski definition) is 1. The van der Waals surface area contributed by atoms with Crippen LogP contribution < -0.4 is 0 Å². The summed E-state index contributed by atoms with van der Waals surface area (Å²) in [6.07, 6.45) is 2.10. The van der Waals surface area contributed by atoms with Crippen LogP contribution in [-0.4, -0.2) is 60.6 Å². The van der Waals surface area contributed by atoms with Gasteiger partial charge in [0.1, 0.15) is 0 Å². The van der Waals surface area contributed by atoms with Gasteiger partial charge in [-0.2, -0.15) is 0 Å². The fourth-order valence-electron chi connectivity index (χ4n) is 1.63. The molecule has 1 heterocycles. The smallest absolute Gasteiger partial charge is 0.236 e. The molecule has 1 N–H and O–H groups in total. The first-order valence-electron chi connectivity index (χ1n) is 4.70. The number of aliphatic hydroxyl groups is 1. The Kier molecular flexibility index (Phi) is 3.69. The Hall–Kier alpha value is -0.610. The number of likely N-dealkylation sites (N-methyl/N-ethyl adjacent to an activating group) is 1. The van der Waals surface area contributed by atoms with Crippen molar-refractivity contribution in [3.05, 3.63) is 0 Å². The summed E-state index contributed by atoms with van der Waals surface area (Å²) in [6, 6.07) is 0.198. The fraction of sp³-hybridized carbons (Fsp3) is 0.889. The third kappa shape index (κ3) is 2.67. The van der Waals surface area contributed by atoms with E-state index in [0.29, 0.717) is 6.54 Å². The maximum absolute atomic E-state index is 11.4. The Bertz CT molecular complexity index is 182. The zero-order valence-corrected chi connectivity index (χ0v) is 8.36. The van der Waals surface area contributed by atoms with Gasteiger partial charge < -0.3 is 10.0 Å². The summed E-state index contributed by atoms with van der Waals surface area (Å²) in [6.45, 7) is 1.55. The number of carbonyl (C=O) groups excluding carboxylic acids is 1. The number of aliphatic hydroxyl groups excluding tert-OH is 1. The lowest BCUT2D eigenvalue weighted by molar-refractivity contribution is -0.130. The molecular weight excluding hydrogens is 168 g/mol. The molecule has 0 aromatic carbocycles. The van der Waals surface area contributed by atoms with E-state index in [1.807, 2.05) is 0 Å². The zero-order valence-electron chi connectivity index (χ0n) is 8.36. The summed E-state index contributed by atoms with van der Waals surface area (Å²) in [5.74, 6) is 0.111. The third-order valence-corrected chi connectivity index (χ3v) is 2.55. The Morgan fingerprint density at radius 3 is 2.85 bits per heavy atom. The average molecular weight is 186 g/mol. The second kappa shape index (κ2) is 4.58. The van der Waals surface area contributed by atoms with Crippen molar-refractivity contribution in [3.8, 4) is 0 Å². The highest BCUT2D eigenvalue weighted by Gasteiger charge is 2.25. The predicted octanol–water partition coefficient (Wildman–Crippen LogP) is -0.469. The molecule has 0 saturated carbocycles. The van der Waals surface area contributed by atoms with Crippen LogP contribution in [0.1, 0.15) is 12.8 Å². The second-order valence-corrected chi connectivity index (χ2v) is 3.74. The summed E-state index contributed by atoms with van der Waals surface area (Å²) in [5, 5.41) is 9.02. The highest BCUT2D eigenvalue weighted by molar-refractivity contribution is 5.77. The Labute approximate surface area is 79.1 Å². The predicted molar refractivity (Wildman–Crippen MR) is 50.4 cm³/mol. The minimum absolute atomic E-state index is 0.111. The van der Waals surface area contributed by atoms with Crippen molar-refractivity contribution in [2.45, 2.75) is 18.9 Å². The lowest BCUT2D eigenvalue weighted by Gasteiger charge is -2.23. The van der Waals surface area contributed by atoms with Gasteiger partial charge in [-0.15, -0.1) is 0 Å². The van der Waals surface area contributed by atoms with Gasteiger partial charge in [0.25, 0.3) is 0 Å². The SMILES string of the molecule is CN(C)C(=O)CN1CCC[C@@H]1CO. The van der Waals surface area contributed by atoms with Crippen LogP contribution in [0.3, 0.4) is 0 Å². The summed E-state index contributed by atoms with van der Waals surface area (Å²) < 4.78 is 0. The minimum atomic E-state index is 0.111. The molecule has 0 bridgehead atoms. The van der Waals surface area contributed by atoms with Crippen molar-refractivity contribution in [2.75, 3.05) is 33.8 Å². The van der Waals surface area contributed by atoms with Crippen LogP contribution in [0.2, 0.25) is 0 Å². The summed E-state index contributed by atoms with van der Waals surface area (Å²) >= 11 is 0. The lowest BCUT2D eigenvalue weighted by atomic mass is 10.2.